The zero-order valence-electron chi connectivity index (χ0n) is 27.2. The fourth-order valence-electron chi connectivity index (χ4n) is 5.61. The summed E-state index contributed by atoms with van der Waals surface area (Å²) in [6.07, 6.45) is 3.80. The van der Waals surface area contributed by atoms with E-state index in [2.05, 4.69) is 6.07 Å². The van der Waals surface area contributed by atoms with E-state index in [0.717, 1.165) is 27.1 Å². The lowest BCUT2D eigenvalue weighted by molar-refractivity contribution is -0.138. The zero-order chi connectivity index (χ0) is 34.3. The van der Waals surface area contributed by atoms with Gasteiger partial charge in [-0.1, -0.05) is 78.1 Å². The molecular weight excluding hydrogens is 655 g/mol. The van der Waals surface area contributed by atoms with Crippen molar-refractivity contribution in [1.82, 2.24) is 4.57 Å². The Hall–Kier alpha value is -5.37. The minimum atomic E-state index is -0.755. The second kappa shape index (κ2) is 15.2. The van der Waals surface area contributed by atoms with Crippen molar-refractivity contribution < 1.29 is 19.0 Å². The third-order valence-corrected chi connectivity index (χ3v) is 9.62. The van der Waals surface area contributed by atoms with Crippen LogP contribution < -0.4 is 24.4 Å². The van der Waals surface area contributed by atoms with E-state index in [1.54, 1.807) is 41.5 Å². The predicted octanol–water partition coefficient (Wildman–Crippen LogP) is 6.51. The van der Waals surface area contributed by atoms with Crippen LogP contribution in [0.1, 0.15) is 47.7 Å². The minimum Gasteiger partial charge on any atom is -0.490 e. The topological polar surface area (TPSA) is 103 Å². The summed E-state index contributed by atoms with van der Waals surface area (Å²) in [5.74, 6) is 0.516. The van der Waals surface area contributed by atoms with E-state index in [1.165, 1.54) is 11.3 Å². The van der Waals surface area contributed by atoms with Crippen LogP contribution in [0.25, 0.3) is 11.8 Å². The van der Waals surface area contributed by atoms with E-state index in [-0.39, 0.29) is 18.8 Å². The lowest BCUT2D eigenvalue weighted by Crippen LogP contribution is -2.40. The van der Waals surface area contributed by atoms with E-state index in [0.29, 0.717) is 44.3 Å². The number of nitriles is 1. The number of nitrogens with zero attached hydrogens (tertiary/aromatic N) is 3. The molecule has 2 heterocycles. The molecule has 1 atom stereocenters. The number of carbonyl (C=O) groups is 1. The number of fused-ring (bicyclic) bond motifs is 1. The molecule has 49 heavy (non-hydrogen) atoms. The van der Waals surface area contributed by atoms with E-state index in [1.807, 2.05) is 98.1 Å². The van der Waals surface area contributed by atoms with E-state index >= 15 is 0 Å². The molecule has 1 aliphatic heterocycles. The molecule has 8 nitrogen and oxygen atoms in total. The van der Waals surface area contributed by atoms with E-state index in [4.69, 9.17) is 19.2 Å². The summed E-state index contributed by atoms with van der Waals surface area (Å²) in [6, 6.07) is 31.6. The van der Waals surface area contributed by atoms with Crippen LogP contribution >= 0.6 is 23.1 Å². The number of thiazole rings is 1. The molecule has 0 radical (unpaired) electrons. The highest BCUT2D eigenvalue weighted by Gasteiger charge is 2.35. The lowest BCUT2D eigenvalue weighted by Gasteiger charge is -2.26. The SMILES string of the molecule is CCOC(=O)C1=C(c2ccccc2)N=c2s/c(=C\c3ccc(OCc4ccccc4C#N)c(OCC)c3)c(=O)n2[C@@H]1c1ccc(SC)cc1. The normalized spacial score (nSPS) is 14.1. The zero-order valence-corrected chi connectivity index (χ0v) is 28.8. The van der Waals surface area contributed by atoms with Gasteiger partial charge in [0.1, 0.15) is 6.61 Å². The van der Waals surface area contributed by atoms with Crippen molar-refractivity contribution in [3.63, 3.8) is 0 Å². The molecule has 6 rings (SSSR count). The highest BCUT2D eigenvalue weighted by molar-refractivity contribution is 7.98. The summed E-state index contributed by atoms with van der Waals surface area (Å²) in [5, 5.41) is 9.46. The number of carbonyl (C=O) groups excluding carboxylic acids is 1. The average Bonchev–Trinajstić information content (AvgIpc) is 3.45. The van der Waals surface area contributed by atoms with Gasteiger partial charge < -0.3 is 14.2 Å². The molecule has 4 aromatic carbocycles. The van der Waals surface area contributed by atoms with Gasteiger partial charge in [-0.05, 0) is 67.6 Å². The molecule has 5 aromatic rings. The van der Waals surface area contributed by atoms with Crippen LogP contribution in [0.5, 0.6) is 11.5 Å². The summed E-state index contributed by atoms with van der Waals surface area (Å²) in [7, 11) is 0. The Labute approximate surface area is 292 Å². The van der Waals surface area contributed by atoms with Gasteiger partial charge in [0.25, 0.3) is 5.56 Å². The summed E-state index contributed by atoms with van der Waals surface area (Å²) >= 11 is 2.87. The molecule has 0 spiro atoms. The summed E-state index contributed by atoms with van der Waals surface area (Å²) in [4.78, 5) is 34.5. The Morgan fingerprint density at radius 3 is 2.43 bits per heavy atom. The molecule has 0 bridgehead atoms. The van der Waals surface area contributed by atoms with Gasteiger partial charge >= 0.3 is 5.97 Å². The second-order valence-electron chi connectivity index (χ2n) is 10.9. The lowest BCUT2D eigenvalue weighted by atomic mass is 9.93. The fourth-order valence-corrected chi connectivity index (χ4v) is 7.02. The van der Waals surface area contributed by atoms with Gasteiger partial charge in [0, 0.05) is 16.0 Å². The predicted molar refractivity (Wildman–Crippen MR) is 192 cm³/mol. The molecular formula is C39H33N3O5S2. The Morgan fingerprint density at radius 2 is 1.71 bits per heavy atom. The van der Waals surface area contributed by atoms with Crippen molar-refractivity contribution in [2.45, 2.75) is 31.4 Å². The number of esters is 1. The molecule has 0 saturated carbocycles. The molecule has 0 saturated heterocycles. The number of hydrogen-bond donors (Lipinski definition) is 0. The first-order chi connectivity index (χ1) is 23.9. The monoisotopic (exact) mass is 687 g/mol. The van der Waals surface area contributed by atoms with Crippen molar-refractivity contribution in [2.24, 2.45) is 4.99 Å². The highest BCUT2D eigenvalue weighted by atomic mass is 32.2. The van der Waals surface area contributed by atoms with Gasteiger partial charge in [0.15, 0.2) is 16.3 Å². The van der Waals surface area contributed by atoms with Crippen LogP contribution in [-0.4, -0.2) is 30.0 Å². The third kappa shape index (κ3) is 7.09. The van der Waals surface area contributed by atoms with Crippen LogP contribution in [0.3, 0.4) is 0 Å². The Morgan fingerprint density at radius 1 is 0.959 bits per heavy atom. The molecule has 1 aliphatic rings. The molecule has 0 aliphatic carbocycles. The fraction of sp³-hybridized carbons (Fsp3) is 0.179. The number of thioether (sulfide) groups is 1. The van der Waals surface area contributed by atoms with Crippen molar-refractivity contribution in [3.8, 4) is 17.6 Å². The van der Waals surface area contributed by atoms with Crippen molar-refractivity contribution >= 4 is 40.8 Å². The maximum absolute atomic E-state index is 14.3. The van der Waals surface area contributed by atoms with Gasteiger partial charge in [-0.3, -0.25) is 9.36 Å². The molecule has 0 amide bonds. The smallest absolute Gasteiger partial charge is 0.338 e. The number of benzene rings is 4. The first-order valence-corrected chi connectivity index (χ1v) is 17.8. The Bertz CT molecular complexity index is 2250. The molecule has 10 heteroatoms. The second-order valence-corrected chi connectivity index (χ2v) is 12.8. The standard InChI is InChI=1S/C39H33N3O5S2/c1-4-45-32-21-25(15-20-31(32)47-24-29-14-10-9-13-28(29)23-40)22-33-37(43)42-36(27-16-18-30(48-3)19-17-27)34(38(44)46-5-2)35(41-39(42)49-33)26-11-7-6-8-12-26/h6-22,36H,4-5,24H2,1-3H3/b33-22-/t36-/m1/s1. The number of hydrogen-bond acceptors (Lipinski definition) is 9. The van der Waals surface area contributed by atoms with Gasteiger partial charge in [0.2, 0.25) is 0 Å². The quantitative estimate of drug-likeness (QED) is 0.115. The number of aromatic nitrogens is 1. The van der Waals surface area contributed by atoms with Gasteiger partial charge in [-0.2, -0.15) is 5.26 Å². The van der Waals surface area contributed by atoms with Crippen LogP contribution in [0, 0.1) is 11.3 Å². The average molecular weight is 688 g/mol. The number of ether oxygens (including phenoxy) is 3. The molecule has 0 N–H and O–H groups in total. The van der Waals surface area contributed by atoms with Gasteiger partial charge in [-0.25, -0.2) is 9.79 Å². The Kier molecular flexibility index (Phi) is 10.4. The maximum Gasteiger partial charge on any atom is 0.338 e. The first kappa shape index (κ1) is 33.5. The Balaban J connectivity index is 1.47. The van der Waals surface area contributed by atoms with Crippen LogP contribution in [0.15, 0.2) is 117 Å². The highest BCUT2D eigenvalue weighted by Crippen LogP contribution is 2.36. The summed E-state index contributed by atoms with van der Waals surface area (Å²) in [6.45, 7) is 4.43. The summed E-state index contributed by atoms with van der Waals surface area (Å²) in [5.41, 5.74) is 4.08. The third-order valence-electron chi connectivity index (χ3n) is 7.89. The van der Waals surface area contributed by atoms with Crippen molar-refractivity contribution in [2.75, 3.05) is 19.5 Å². The minimum absolute atomic E-state index is 0.180. The molecule has 0 unspecified atom stereocenters. The first-order valence-electron chi connectivity index (χ1n) is 15.8. The van der Waals surface area contributed by atoms with Crippen molar-refractivity contribution in [1.29, 1.82) is 5.26 Å². The summed E-state index contributed by atoms with van der Waals surface area (Å²) < 4.78 is 19.6. The van der Waals surface area contributed by atoms with Crippen LogP contribution in [0.4, 0.5) is 0 Å². The van der Waals surface area contributed by atoms with Crippen molar-refractivity contribution in [3.05, 3.63) is 150 Å². The maximum atomic E-state index is 14.3. The van der Waals surface area contributed by atoms with E-state index in [9.17, 15) is 14.9 Å². The number of rotatable bonds is 11. The van der Waals surface area contributed by atoms with Crippen LogP contribution in [0.2, 0.25) is 0 Å². The molecule has 246 valence electrons. The van der Waals surface area contributed by atoms with Crippen LogP contribution in [-0.2, 0) is 16.1 Å². The largest absolute Gasteiger partial charge is 0.490 e. The van der Waals surface area contributed by atoms with Gasteiger partial charge in [0.05, 0.1) is 46.7 Å². The molecule has 1 aromatic heterocycles. The van der Waals surface area contributed by atoms with Gasteiger partial charge in [-0.15, -0.1) is 11.8 Å². The van der Waals surface area contributed by atoms with E-state index < -0.39 is 12.0 Å². The molecule has 0 fully saturated rings.